The average Bonchev–Trinajstić information content (AvgIpc) is 3.19. The summed E-state index contributed by atoms with van der Waals surface area (Å²) in [5.74, 6) is -3.32. The van der Waals surface area contributed by atoms with Crippen LogP contribution in [0, 0.1) is 0 Å². The highest BCUT2D eigenvalue weighted by molar-refractivity contribution is 8.01. The summed E-state index contributed by atoms with van der Waals surface area (Å²) in [6.07, 6.45) is 0. The molecule has 2 aliphatic rings. The van der Waals surface area contributed by atoms with Gasteiger partial charge in [0, 0.05) is 31.4 Å². The molecule has 1 aromatic heterocycles. The number of nitrogens with zero attached hydrogens (tertiary/aromatic N) is 5. The molecule has 1 aromatic rings. The Bertz CT molecular complexity index is 1000. The van der Waals surface area contributed by atoms with Gasteiger partial charge in [0.2, 0.25) is 11.1 Å². The normalized spacial score (nSPS) is 23.1. The Morgan fingerprint density at radius 3 is 2.73 bits per heavy atom. The number of fused-ring (bicyclic) bond motifs is 1. The maximum atomic E-state index is 13.0. The number of aryl methyl sites for hydroxylation is 1. The van der Waals surface area contributed by atoms with Crippen LogP contribution < -0.4 is 11.1 Å². The van der Waals surface area contributed by atoms with Crippen LogP contribution in [0.4, 0.5) is 0 Å². The molecule has 33 heavy (non-hydrogen) atoms. The van der Waals surface area contributed by atoms with Gasteiger partial charge in [0.05, 0.1) is 5.75 Å². The van der Waals surface area contributed by atoms with Crippen LogP contribution in [0.25, 0.3) is 0 Å². The lowest BCUT2D eigenvalue weighted by Crippen LogP contribution is -2.80. The second-order valence-corrected chi connectivity index (χ2v) is 9.96. The number of ether oxygens (including phenoxy) is 1. The molecule has 0 saturated carbocycles. The fraction of sp³-hybridized carbons (Fsp3) is 0.562. The van der Waals surface area contributed by atoms with Crippen LogP contribution in [0.15, 0.2) is 16.4 Å². The van der Waals surface area contributed by atoms with E-state index >= 15 is 0 Å². The van der Waals surface area contributed by atoms with E-state index in [0.29, 0.717) is 10.7 Å². The molecule has 0 radical (unpaired) electrons. The molecule has 14 nitrogen and oxygen atoms in total. The van der Waals surface area contributed by atoms with Crippen molar-refractivity contribution in [1.82, 2.24) is 30.4 Å². The van der Waals surface area contributed by atoms with Gasteiger partial charge >= 0.3 is 11.9 Å². The minimum absolute atomic E-state index is 0.00888. The summed E-state index contributed by atoms with van der Waals surface area (Å²) in [6.45, 7) is 0. The largest absolute Gasteiger partial charge is 0.480 e. The zero-order valence-corrected chi connectivity index (χ0v) is 19.9. The number of amides is 2. The molecule has 17 heteroatoms. The third kappa shape index (κ3) is 4.96. The van der Waals surface area contributed by atoms with E-state index in [0.717, 1.165) is 16.7 Å². The van der Waals surface area contributed by atoms with Gasteiger partial charge in [-0.15, -0.1) is 28.6 Å². The van der Waals surface area contributed by atoms with Crippen LogP contribution in [0.3, 0.4) is 0 Å². The molecule has 3 rings (SSSR count). The molecule has 2 amide bonds. The number of carbonyl (C=O) groups excluding carboxylic acids is 2. The predicted octanol–water partition coefficient (Wildman–Crippen LogP) is -1.84. The number of nitrogens with one attached hydrogen (secondary N) is 1. The van der Waals surface area contributed by atoms with Crippen LogP contribution in [-0.4, -0.2) is 106 Å². The van der Waals surface area contributed by atoms with E-state index in [2.05, 4.69) is 20.8 Å². The van der Waals surface area contributed by atoms with Gasteiger partial charge in [0.15, 0.2) is 0 Å². The van der Waals surface area contributed by atoms with Gasteiger partial charge in [-0.25, -0.2) is 9.48 Å². The van der Waals surface area contributed by atoms with Crippen molar-refractivity contribution in [2.75, 3.05) is 30.1 Å². The first-order valence-electron chi connectivity index (χ1n) is 9.30. The minimum atomic E-state index is -1.72. The van der Waals surface area contributed by atoms with Gasteiger partial charge in [-0.2, -0.15) is 0 Å². The maximum absolute atomic E-state index is 13.0. The molecule has 5 N–H and O–H groups in total. The molecule has 1 saturated heterocycles. The highest BCUT2D eigenvalue weighted by Gasteiger charge is 2.66. The Hall–Kier alpha value is -2.34. The van der Waals surface area contributed by atoms with Gasteiger partial charge in [-0.3, -0.25) is 19.3 Å². The summed E-state index contributed by atoms with van der Waals surface area (Å²) < 4.78 is 6.82. The van der Waals surface area contributed by atoms with E-state index in [1.807, 2.05) is 0 Å². The number of nitrogens with two attached hydrogens (primary N) is 1. The molecule has 0 unspecified atom stereocenters. The maximum Gasteiger partial charge on any atom is 0.352 e. The SMILES string of the molecule is CO[C@]1(NC(=O)CSC[C@H](N)C(=O)O)C(=O)N2C(C(=O)O)=C(CSc3nnnn3C)CS[C@@H]21. The lowest BCUT2D eigenvalue weighted by atomic mass is 9.98. The van der Waals surface area contributed by atoms with Gasteiger partial charge in [-0.1, -0.05) is 11.8 Å². The topological polar surface area (TPSA) is 203 Å². The van der Waals surface area contributed by atoms with Gasteiger partial charge in [0.25, 0.3) is 11.6 Å². The summed E-state index contributed by atoms with van der Waals surface area (Å²) in [5, 5.41) is 31.9. The van der Waals surface area contributed by atoms with E-state index in [-0.39, 0.29) is 28.7 Å². The minimum Gasteiger partial charge on any atom is -0.480 e. The number of carboxylic acid groups (broad SMARTS) is 2. The molecular weight excluding hydrogens is 498 g/mol. The summed E-state index contributed by atoms with van der Waals surface area (Å²) in [4.78, 5) is 49.3. The number of aromatic nitrogens is 4. The second-order valence-electron chi connectivity index (χ2n) is 6.92. The number of thioether (sulfide) groups is 3. The molecular formula is C16H21N7O7S3. The molecule has 0 bridgehead atoms. The van der Waals surface area contributed by atoms with Crippen LogP contribution in [-0.2, 0) is 31.0 Å². The molecule has 2 aliphatic heterocycles. The number of methoxy groups -OCH3 is 1. The van der Waals surface area contributed by atoms with Crippen molar-refractivity contribution >= 4 is 59.0 Å². The first-order chi connectivity index (χ1) is 15.6. The van der Waals surface area contributed by atoms with Crippen molar-refractivity contribution in [3.63, 3.8) is 0 Å². The Kier molecular flexibility index (Phi) is 7.88. The van der Waals surface area contributed by atoms with E-state index in [1.165, 1.54) is 35.3 Å². The van der Waals surface area contributed by atoms with Gasteiger partial charge in [-0.05, 0) is 16.0 Å². The first kappa shape index (κ1) is 25.3. The van der Waals surface area contributed by atoms with E-state index in [4.69, 9.17) is 15.6 Å². The van der Waals surface area contributed by atoms with Crippen molar-refractivity contribution in [2.45, 2.75) is 22.3 Å². The number of β-lactam (4-membered cyclic amide) rings is 1. The predicted molar refractivity (Wildman–Crippen MR) is 118 cm³/mol. The number of carboxylic acids is 2. The lowest BCUT2D eigenvalue weighted by molar-refractivity contribution is -0.192. The van der Waals surface area contributed by atoms with E-state index in [9.17, 15) is 24.3 Å². The molecule has 3 heterocycles. The standard InChI is InChI=1S/C16H21N7O7S3/c1-22-15(19-20-21-22)33-4-7-3-32-14-16(30-2,13(29)23(14)10(7)12(27)28)18-9(24)6-31-5-8(17)11(25)26/h8,14H,3-6,17H2,1-2H3,(H,18,24)(H,25,26)(H,27,28)/t8-,14+,16+/m0/s1. The molecule has 180 valence electrons. The van der Waals surface area contributed by atoms with Crippen molar-refractivity contribution in [1.29, 1.82) is 0 Å². The Morgan fingerprint density at radius 1 is 1.42 bits per heavy atom. The highest BCUT2D eigenvalue weighted by atomic mass is 32.2. The van der Waals surface area contributed by atoms with E-state index in [1.54, 1.807) is 7.05 Å². The van der Waals surface area contributed by atoms with E-state index < -0.39 is 40.9 Å². The lowest BCUT2D eigenvalue weighted by Gasteiger charge is -2.55. The number of hydrogen-bond acceptors (Lipinski definition) is 12. The molecule has 1 fully saturated rings. The molecule has 3 atom stereocenters. The van der Waals surface area contributed by atoms with Crippen molar-refractivity contribution in [2.24, 2.45) is 12.8 Å². The fourth-order valence-electron chi connectivity index (χ4n) is 3.14. The van der Waals surface area contributed by atoms with Gasteiger partial charge < -0.3 is 26.0 Å². The van der Waals surface area contributed by atoms with Crippen LogP contribution in [0.2, 0.25) is 0 Å². The third-order valence-corrected chi connectivity index (χ3v) is 8.30. The van der Waals surface area contributed by atoms with Crippen LogP contribution >= 0.6 is 35.3 Å². The number of aliphatic carboxylic acids is 2. The van der Waals surface area contributed by atoms with Gasteiger partial charge in [0.1, 0.15) is 17.1 Å². The van der Waals surface area contributed by atoms with Crippen molar-refractivity contribution in [3.05, 3.63) is 11.3 Å². The zero-order chi connectivity index (χ0) is 24.3. The fourth-order valence-corrected chi connectivity index (χ4v) is 6.34. The molecule has 0 spiro atoms. The van der Waals surface area contributed by atoms with Crippen molar-refractivity contribution in [3.8, 4) is 0 Å². The summed E-state index contributed by atoms with van der Waals surface area (Å²) in [6, 6.07) is -1.12. The van der Waals surface area contributed by atoms with Crippen LogP contribution in [0.5, 0.6) is 0 Å². The number of carbonyl (C=O) groups is 4. The number of rotatable bonds is 11. The smallest absolute Gasteiger partial charge is 0.352 e. The zero-order valence-electron chi connectivity index (χ0n) is 17.5. The Labute approximate surface area is 200 Å². The first-order valence-corrected chi connectivity index (χ1v) is 12.5. The van der Waals surface area contributed by atoms with Crippen LogP contribution in [0.1, 0.15) is 0 Å². The number of tetrazole rings is 1. The second kappa shape index (κ2) is 10.3. The molecule has 0 aromatic carbocycles. The summed E-state index contributed by atoms with van der Waals surface area (Å²) in [7, 11) is 2.91. The number of hydrogen-bond donors (Lipinski definition) is 4. The third-order valence-electron chi connectivity index (χ3n) is 4.76. The highest BCUT2D eigenvalue weighted by Crippen LogP contribution is 2.47. The monoisotopic (exact) mass is 519 g/mol. The molecule has 0 aliphatic carbocycles. The van der Waals surface area contributed by atoms with Crippen molar-refractivity contribution < 1.29 is 34.1 Å². The average molecular weight is 520 g/mol. The summed E-state index contributed by atoms with van der Waals surface area (Å²) >= 11 is 3.50. The summed E-state index contributed by atoms with van der Waals surface area (Å²) in [5.41, 5.74) is 4.05. The Morgan fingerprint density at radius 2 is 2.15 bits per heavy atom. The quantitative estimate of drug-likeness (QED) is 0.144. The Balaban J connectivity index is 1.70.